The largest absolute Gasteiger partial charge is 0.504 e. The lowest BCUT2D eigenvalue weighted by Crippen LogP contribution is -2.30. The van der Waals surface area contributed by atoms with E-state index in [-0.39, 0.29) is 11.7 Å². The van der Waals surface area contributed by atoms with E-state index in [0.717, 1.165) is 5.56 Å². The van der Waals surface area contributed by atoms with Crippen LogP contribution in [-0.4, -0.2) is 31.8 Å². The van der Waals surface area contributed by atoms with E-state index in [2.05, 4.69) is 4.98 Å². The second kappa shape index (κ2) is 5.89. The van der Waals surface area contributed by atoms with Gasteiger partial charge in [0.15, 0.2) is 11.4 Å². The highest BCUT2D eigenvalue weighted by Crippen LogP contribution is 2.18. The number of hydrogen-bond acceptors (Lipinski definition) is 3. The van der Waals surface area contributed by atoms with Gasteiger partial charge >= 0.3 is 0 Å². The van der Waals surface area contributed by atoms with Crippen LogP contribution in [-0.2, 0) is 6.54 Å². The number of pyridine rings is 1. The Morgan fingerprint density at radius 2 is 2.00 bits per heavy atom. The van der Waals surface area contributed by atoms with Gasteiger partial charge in [-0.1, -0.05) is 30.3 Å². The summed E-state index contributed by atoms with van der Waals surface area (Å²) in [5.41, 5.74) is 1.80. The van der Waals surface area contributed by atoms with Crippen molar-refractivity contribution < 1.29 is 9.90 Å². The first-order valence-corrected chi connectivity index (χ1v) is 7.19. The van der Waals surface area contributed by atoms with Gasteiger partial charge in [0.2, 0.25) is 0 Å². The molecule has 0 radical (unpaired) electrons. The number of nitrogens with zero attached hydrogens (tertiary/aromatic N) is 3. The van der Waals surface area contributed by atoms with Crippen molar-refractivity contribution in [3.8, 4) is 5.75 Å². The van der Waals surface area contributed by atoms with Crippen LogP contribution in [0.25, 0.3) is 5.65 Å². The molecule has 0 unspecified atom stereocenters. The first-order valence-electron chi connectivity index (χ1n) is 7.19. The van der Waals surface area contributed by atoms with Crippen LogP contribution in [0.2, 0.25) is 0 Å². The summed E-state index contributed by atoms with van der Waals surface area (Å²) in [6.07, 6.45) is 3.40. The Bertz CT molecular complexity index is 796. The maximum Gasteiger partial charge on any atom is 0.274 e. The molecule has 0 saturated carbocycles. The van der Waals surface area contributed by atoms with Gasteiger partial charge in [-0.25, -0.2) is 4.98 Å². The van der Waals surface area contributed by atoms with Gasteiger partial charge in [-0.2, -0.15) is 0 Å². The number of aromatic nitrogens is 2. The zero-order chi connectivity index (χ0) is 15.5. The molecule has 112 valence electrons. The van der Waals surface area contributed by atoms with E-state index in [9.17, 15) is 9.90 Å². The summed E-state index contributed by atoms with van der Waals surface area (Å²) in [4.78, 5) is 18.6. The molecule has 0 aliphatic heterocycles. The fourth-order valence-corrected chi connectivity index (χ4v) is 2.39. The molecule has 5 nitrogen and oxygen atoms in total. The van der Waals surface area contributed by atoms with Crippen molar-refractivity contribution >= 4 is 11.6 Å². The molecular weight excluding hydrogens is 278 g/mol. The summed E-state index contributed by atoms with van der Waals surface area (Å²) in [5.74, 6) is -0.0814. The molecule has 2 heterocycles. The third kappa shape index (κ3) is 2.65. The van der Waals surface area contributed by atoms with E-state index < -0.39 is 0 Å². The van der Waals surface area contributed by atoms with E-state index in [0.29, 0.717) is 24.4 Å². The van der Waals surface area contributed by atoms with Crippen LogP contribution in [0.1, 0.15) is 23.0 Å². The number of imidazole rings is 1. The number of rotatable bonds is 4. The van der Waals surface area contributed by atoms with Gasteiger partial charge in [0.1, 0.15) is 5.69 Å². The highest BCUT2D eigenvalue weighted by molar-refractivity contribution is 5.93. The predicted molar refractivity (Wildman–Crippen MR) is 83.7 cm³/mol. The maximum absolute atomic E-state index is 12.6. The summed E-state index contributed by atoms with van der Waals surface area (Å²) in [6, 6.07) is 13.1. The van der Waals surface area contributed by atoms with Crippen molar-refractivity contribution in [3.05, 3.63) is 66.1 Å². The molecule has 0 fully saturated rings. The minimum absolute atomic E-state index is 0.0626. The van der Waals surface area contributed by atoms with Gasteiger partial charge in [-0.3, -0.25) is 4.79 Å². The van der Waals surface area contributed by atoms with Crippen molar-refractivity contribution in [1.29, 1.82) is 0 Å². The number of carbonyl (C=O) groups excluding carboxylic acids is 1. The third-order valence-electron chi connectivity index (χ3n) is 3.57. The summed E-state index contributed by atoms with van der Waals surface area (Å²) < 4.78 is 1.65. The number of amides is 1. The van der Waals surface area contributed by atoms with E-state index in [1.807, 2.05) is 37.3 Å². The molecule has 0 aliphatic carbocycles. The Hall–Kier alpha value is -2.82. The third-order valence-corrected chi connectivity index (χ3v) is 3.57. The van der Waals surface area contributed by atoms with E-state index >= 15 is 0 Å². The van der Waals surface area contributed by atoms with Crippen LogP contribution in [0.3, 0.4) is 0 Å². The van der Waals surface area contributed by atoms with Gasteiger partial charge in [0, 0.05) is 25.5 Å². The quantitative estimate of drug-likeness (QED) is 0.805. The van der Waals surface area contributed by atoms with Crippen molar-refractivity contribution in [2.75, 3.05) is 6.54 Å². The molecule has 3 aromatic rings. The molecule has 1 aromatic carbocycles. The molecule has 1 amide bonds. The van der Waals surface area contributed by atoms with Gasteiger partial charge in [0.05, 0.1) is 0 Å². The Morgan fingerprint density at radius 3 is 2.68 bits per heavy atom. The molecule has 1 N–H and O–H groups in total. The van der Waals surface area contributed by atoms with Crippen LogP contribution >= 0.6 is 0 Å². The molecule has 0 saturated heterocycles. The van der Waals surface area contributed by atoms with Crippen molar-refractivity contribution in [3.63, 3.8) is 0 Å². The minimum Gasteiger partial charge on any atom is -0.504 e. The number of benzene rings is 1. The molecule has 3 rings (SSSR count). The van der Waals surface area contributed by atoms with E-state index in [4.69, 9.17) is 0 Å². The van der Waals surface area contributed by atoms with Crippen molar-refractivity contribution in [2.45, 2.75) is 13.5 Å². The molecule has 22 heavy (non-hydrogen) atoms. The fraction of sp³-hybridized carbons (Fsp3) is 0.176. The number of fused-ring (bicyclic) bond motifs is 1. The smallest absolute Gasteiger partial charge is 0.274 e. The number of aromatic hydroxyl groups is 1. The molecule has 5 heteroatoms. The van der Waals surface area contributed by atoms with Crippen LogP contribution in [0.4, 0.5) is 0 Å². The first kappa shape index (κ1) is 14.1. The minimum atomic E-state index is -0.144. The Labute approximate surface area is 128 Å². The summed E-state index contributed by atoms with van der Waals surface area (Å²) in [6.45, 7) is 3.07. The highest BCUT2D eigenvalue weighted by Gasteiger charge is 2.18. The Morgan fingerprint density at radius 1 is 1.23 bits per heavy atom. The fourth-order valence-electron chi connectivity index (χ4n) is 2.39. The molecule has 0 spiro atoms. The van der Waals surface area contributed by atoms with E-state index in [1.165, 1.54) is 0 Å². The summed E-state index contributed by atoms with van der Waals surface area (Å²) in [7, 11) is 0. The maximum atomic E-state index is 12.6. The lowest BCUT2D eigenvalue weighted by molar-refractivity contribution is 0.0747. The molecule has 2 aromatic heterocycles. The van der Waals surface area contributed by atoms with Gasteiger partial charge in [-0.15, -0.1) is 0 Å². The second-order valence-corrected chi connectivity index (χ2v) is 5.06. The lowest BCUT2D eigenvalue weighted by atomic mass is 10.2. The normalized spacial score (nSPS) is 10.8. The van der Waals surface area contributed by atoms with E-state index in [1.54, 1.807) is 33.8 Å². The van der Waals surface area contributed by atoms with Crippen molar-refractivity contribution in [2.24, 2.45) is 0 Å². The molecule has 0 aliphatic rings. The monoisotopic (exact) mass is 295 g/mol. The van der Waals surface area contributed by atoms with Gasteiger partial charge in [0.25, 0.3) is 5.91 Å². The SMILES string of the molecule is CCN(Cc1ccccc1)C(=O)c1cn2cccc(O)c2n1. The Kier molecular flexibility index (Phi) is 3.78. The van der Waals surface area contributed by atoms with Crippen LogP contribution in [0.15, 0.2) is 54.9 Å². The second-order valence-electron chi connectivity index (χ2n) is 5.06. The lowest BCUT2D eigenvalue weighted by Gasteiger charge is -2.19. The van der Waals surface area contributed by atoms with Crippen LogP contribution in [0, 0.1) is 0 Å². The summed E-state index contributed by atoms with van der Waals surface area (Å²) in [5, 5.41) is 9.79. The zero-order valence-corrected chi connectivity index (χ0v) is 12.3. The van der Waals surface area contributed by atoms with Gasteiger partial charge < -0.3 is 14.4 Å². The first-order chi connectivity index (χ1) is 10.7. The number of carbonyl (C=O) groups is 1. The predicted octanol–water partition coefficient (Wildman–Crippen LogP) is 2.70. The standard InChI is InChI=1S/C17H17N3O2/c1-2-19(11-13-7-4-3-5-8-13)17(22)14-12-20-10-6-9-15(21)16(20)18-14/h3-10,12,21H,2,11H2,1H3. The van der Waals surface area contributed by atoms with Crippen LogP contribution < -0.4 is 0 Å². The Balaban J connectivity index is 1.88. The average Bonchev–Trinajstić information content (AvgIpc) is 2.98. The molecular formula is C17H17N3O2. The summed E-state index contributed by atoms with van der Waals surface area (Å²) >= 11 is 0. The zero-order valence-electron chi connectivity index (χ0n) is 12.3. The molecule has 0 atom stereocenters. The van der Waals surface area contributed by atoms with Crippen molar-refractivity contribution in [1.82, 2.24) is 14.3 Å². The van der Waals surface area contributed by atoms with Gasteiger partial charge in [-0.05, 0) is 24.6 Å². The average molecular weight is 295 g/mol. The highest BCUT2D eigenvalue weighted by atomic mass is 16.3. The van der Waals surface area contributed by atoms with Crippen LogP contribution in [0.5, 0.6) is 5.75 Å². The topological polar surface area (TPSA) is 57.8 Å². The molecule has 0 bridgehead atoms. The number of hydrogen-bond donors (Lipinski definition) is 1.